The molecular formula is C36H23Br2N5O2. The minimum absolute atomic E-state index is 0.286. The van der Waals surface area contributed by atoms with Crippen LogP contribution in [0.5, 0.6) is 0 Å². The van der Waals surface area contributed by atoms with Crippen LogP contribution in [0.1, 0.15) is 11.1 Å². The van der Waals surface area contributed by atoms with Crippen LogP contribution < -0.4 is 9.80 Å². The molecule has 218 valence electrons. The highest BCUT2D eigenvalue weighted by Crippen LogP contribution is 2.72. The van der Waals surface area contributed by atoms with E-state index in [4.69, 9.17) is 10.5 Å². The average Bonchev–Trinajstić information content (AvgIpc) is 3.65. The van der Waals surface area contributed by atoms with Gasteiger partial charge >= 0.3 is 0 Å². The van der Waals surface area contributed by atoms with Crippen molar-refractivity contribution in [2.45, 2.75) is 17.2 Å². The molecule has 3 aliphatic heterocycles. The fourth-order valence-corrected chi connectivity index (χ4v) is 8.36. The molecule has 5 aromatic carbocycles. The lowest BCUT2D eigenvalue weighted by Crippen LogP contribution is -2.57. The van der Waals surface area contributed by atoms with E-state index in [1.165, 1.54) is 4.90 Å². The third kappa shape index (κ3) is 3.34. The number of azo groups is 1. The van der Waals surface area contributed by atoms with Gasteiger partial charge in [0.05, 0.1) is 11.6 Å². The van der Waals surface area contributed by atoms with Crippen molar-refractivity contribution in [1.82, 2.24) is 0 Å². The first kappa shape index (κ1) is 26.8. The van der Waals surface area contributed by atoms with E-state index in [2.05, 4.69) is 61.0 Å². The van der Waals surface area contributed by atoms with Crippen molar-refractivity contribution in [3.05, 3.63) is 153 Å². The highest BCUT2D eigenvalue weighted by atomic mass is 79.9. The Morgan fingerprint density at radius 1 is 0.644 bits per heavy atom. The van der Waals surface area contributed by atoms with Crippen LogP contribution in [0.2, 0.25) is 0 Å². The summed E-state index contributed by atoms with van der Waals surface area (Å²) in [5, 5.41) is 5.48. The van der Waals surface area contributed by atoms with Gasteiger partial charge in [0, 0.05) is 26.8 Å². The smallest absolute Gasteiger partial charge is 0.257 e. The van der Waals surface area contributed by atoms with Crippen LogP contribution in [0.15, 0.2) is 141 Å². The lowest BCUT2D eigenvalue weighted by Gasteiger charge is -2.51. The molecule has 4 aliphatic rings. The minimum Gasteiger partial charge on any atom is -0.343 e. The Bertz CT molecular complexity index is 2090. The van der Waals surface area contributed by atoms with Gasteiger partial charge in [0.25, 0.3) is 5.91 Å². The second-order valence-corrected chi connectivity index (χ2v) is 13.4. The summed E-state index contributed by atoms with van der Waals surface area (Å²) in [5.41, 5.74) is 8.83. The number of carbonyl (C=O) groups is 2. The van der Waals surface area contributed by atoms with Crippen LogP contribution in [-0.4, -0.2) is 22.7 Å². The molecule has 45 heavy (non-hydrogen) atoms. The monoisotopic (exact) mass is 715 g/mol. The Balaban J connectivity index is 1.41. The van der Waals surface area contributed by atoms with E-state index in [1.807, 2.05) is 91.0 Å². The van der Waals surface area contributed by atoms with Crippen molar-refractivity contribution in [3.8, 4) is 11.1 Å². The predicted octanol–water partition coefficient (Wildman–Crippen LogP) is 8.42. The van der Waals surface area contributed by atoms with E-state index in [0.29, 0.717) is 5.69 Å². The predicted molar refractivity (Wildman–Crippen MR) is 178 cm³/mol. The number of nitrogens with zero attached hydrogens (tertiary/aromatic N) is 5. The maximum Gasteiger partial charge on any atom is 0.257 e. The number of benzene rings is 5. The SMILES string of the molecule is O=C1[C@@H]2[C@H](C(=O)N1c1ccccc1)[C@@]13N=[N+](c4ccc(Br)cc4)[N-][C@@]1(c1ccccc1-c1ccccc13)N2c1ccc(Br)cc1. The van der Waals surface area contributed by atoms with Crippen LogP contribution in [-0.2, 0) is 20.8 Å². The Labute approximate surface area is 276 Å². The summed E-state index contributed by atoms with van der Waals surface area (Å²) in [6.45, 7) is 0. The second kappa shape index (κ2) is 9.45. The van der Waals surface area contributed by atoms with E-state index in [1.54, 1.807) is 16.9 Å². The van der Waals surface area contributed by atoms with Gasteiger partial charge in [-0.25, -0.2) is 4.90 Å². The summed E-state index contributed by atoms with van der Waals surface area (Å²) >= 11 is 7.14. The normalized spacial score (nSPS) is 25.6. The molecule has 9 rings (SSSR count). The van der Waals surface area contributed by atoms with Gasteiger partial charge in [0.2, 0.25) is 11.6 Å². The standard InChI is InChI=1S/C36H23Br2N5O2/c37-22-14-18-25(19-15-22)42-32-31(33(44)41(34(32)45)24-8-2-1-3-9-24)35-29-12-6-4-10-27(29)28-11-5-7-13-30(28)36(35,42)40-43(39-35)26-20-16-23(38)17-21-26/h1-21,31-32H/t31-,32+,35-,36+/m1/s1. The first-order chi connectivity index (χ1) is 22.0. The first-order valence-corrected chi connectivity index (χ1v) is 16.2. The summed E-state index contributed by atoms with van der Waals surface area (Å²) in [7, 11) is 0. The van der Waals surface area contributed by atoms with Gasteiger partial charge in [-0.05, 0) is 70.8 Å². The summed E-state index contributed by atoms with van der Waals surface area (Å²) in [4.78, 5) is 34.9. The molecule has 0 saturated carbocycles. The van der Waals surface area contributed by atoms with Gasteiger partial charge in [-0.1, -0.05) is 98.6 Å². The van der Waals surface area contributed by atoms with E-state index < -0.39 is 23.2 Å². The molecule has 9 heteroatoms. The molecule has 0 bridgehead atoms. The fourth-order valence-electron chi connectivity index (χ4n) is 7.83. The summed E-state index contributed by atoms with van der Waals surface area (Å²) in [6.07, 6.45) is 0. The Morgan fingerprint density at radius 3 is 1.91 bits per heavy atom. The molecule has 5 aromatic rings. The molecule has 0 spiro atoms. The van der Waals surface area contributed by atoms with E-state index >= 15 is 0 Å². The number of para-hydroxylation sites is 1. The maximum atomic E-state index is 15.0. The first-order valence-electron chi connectivity index (χ1n) is 14.6. The van der Waals surface area contributed by atoms with Gasteiger partial charge in [0.15, 0.2) is 0 Å². The number of imide groups is 1. The van der Waals surface area contributed by atoms with Crippen molar-refractivity contribution < 1.29 is 14.4 Å². The van der Waals surface area contributed by atoms with Crippen molar-refractivity contribution in [1.29, 1.82) is 0 Å². The summed E-state index contributed by atoms with van der Waals surface area (Å²) in [6, 6.07) is 40.3. The van der Waals surface area contributed by atoms with Crippen LogP contribution in [0.4, 0.5) is 17.1 Å². The van der Waals surface area contributed by atoms with Crippen LogP contribution in [0.3, 0.4) is 0 Å². The van der Waals surface area contributed by atoms with Crippen molar-refractivity contribution in [3.63, 3.8) is 0 Å². The molecule has 0 unspecified atom stereocenters. The molecule has 2 amide bonds. The molecule has 1 aliphatic carbocycles. The molecule has 2 fully saturated rings. The van der Waals surface area contributed by atoms with Gasteiger partial charge in [0.1, 0.15) is 17.2 Å². The second-order valence-electron chi connectivity index (χ2n) is 11.6. The highest BCUT2D eigenvalue weighted by Gasteiger charge is 2.79. The molecule has 0 radical (unpaired) electrons. The zero-order chi connectivity index (χ0) is 30.5. The number of fused-ring (bicyclic) bond motifs is 4. The Kier molecular flexibility index (Phi) is 5.62. The largest absolute Gasteiger partial charge is 0.343 e. The number of rotatable bonds is 3. The van der Waals surface area contributed by atoms with E-state index in [-0.39, 0.29) is 11.8 Å². The molecule has 2 saturated heterocycles. The lowest BCUT2D eigenvalue weighted by molar-refractivity contribution is -0.458. The molecule has 4 atom stereocenters. The lowest BCUT2D eigenvalue weighted by atomic mass is 9.63. The third-order valence-corrected chi connectivity index (χ3v) is 10.5. The maximum absolute atomic E-state index is 15.0. The number of hydrogen-bond donors (Lipinski definition) is 0. The average molecular weight is 717 g/mol. The third-order valence-electron chi connectivity index (χ3n) is 9.48. The molecular weight excluding hydrogens is 694 g/mol. The fraction of sp³-hybridized carbons (Fsp3) is 0.111. The molecule has 0 N–H and O–H groups in total. The van der Waals surface area contributed by atoms with Crippen molar-refractivity contribution in [2.75, 3.05) is 9.80 Å². The number of halogens is 2. The minimum atomic E-state index is -1.26. The van der Waals surface area contributed by atoms with Gasteiger partial charge in [-0.2, -0.15) is 10.5 Å². The molecule has 3 heterocycles. The van der Waals surface area contributed by atoms with Gasteiger partial charge < -0.3 is 4.90 Å². The van der Waals surface area contributed by atoms with E-state index in [0.717, 1.165) is 42.6 Å². The topological polar surface area (TPSA) is 70.1 Å². The summed E-state index contributed by atoms with van der Waals surface area (Å²) in [5.74, 6) is -1.44. The Hall–Kier alpha value is -4.60. The Morgan fingerprint density at radius 2 is 1.22 bits per heavy atom. The zero-order valence-corrected chi connectivity index (χ0v) is 26.8. The summed E-state index contributed by atoms with van der Waals surface area (Å²) < 4.78 is 1.84. The number of amides is 2. The van der Waals surface area contributed by atoms with Crippen LogP contribution >= 0.6 is 31.9 Å². The van der Waals surface area contributed by atoms with Gasteiger partial charge in [-0.15, -0.1) is 4.81 Å². The van der Waals surface area contributed by atoms with E-state index in [9.17, 15) is 9.59 Å². The number of anilines is 2. The quantitative estimate of drug-likeness (QED) is 0.139. The number of carbonyl (C=O) groups excluding carboxylic acids is 2. The zero-order valence-electron chi connectivity index (χ0n) is 23.6. The van der Waals surface area contributed by atoms with Crippen molar-refractivity contribution >= 4 is 60.7 Å². The molecule has 7 nitrogen and oxygen atoms in total. The highest BCUT2D eigenvalue weighted by molar-refractivity contribution is 9.10. The molecule has 0 aromatic heterocycles. The van der Waals surface area contributed by atoms with Crippen LogP contribution in [0.25, 0.3) is 16.6 Å². The van der Waals surface area contributed by atoms with Crippen molar-refractivity contribution in [2.24, 2.45) is 11.0 Å². The van der Waals surface area contributed by atoms with Crippen LogP contribution in [0, 0.1) is 5.92 Å². The van der Waals surface area contributed by atoms with Gasteiger partial charge in [-0.3, -0.25) is 9.59 Å². The number of hydrogen-bond acceptors (Lipinski definition) is 4.